The molecule has 1 heterocycles. The Morgan fingerprint density at radius 3 is 3.06 bits per heavy atom. The van der Waals surface area contributed by atoms with Crippen LogP contribution in [-0.4, -0.2) is 29.2 Å². The smallest absolute Gasteiger partial charge is 0.233 e. The van der Waals surface area contributed by atoms with Gasteiger partial charge in [-0.3, -0.25) is 4.79 Å². The lowest BCUT2D eigenvalue weighted by atomic mass is 10.3. The van der Waals surface area contributed by atoms with E-state index in [-0.39, 0.29) is 5.91 Å². The van der Waals surface area contributed by atoms with Crippen LogP contribution in [0.5, 0.6) is 0 Å². The van der Waals surface area contributed by atoms with E-state index in [1.54, 1.807) is 6.20 Å². The van der Waals surface area contributed by atoms with Gasteiger partial charge in [-0.1, -0.05) is 13.3 Å². The topological polar surface area (TPSA) is 66.9 Å². The number of hydrogen-bond donors (Lipinski definition) is 2. The Bertz CT molecular complexity index is 302. The fraction of sp³-hybridized carbons (Fsp3) is 0.545. The number of nitrogens with zero attached hydrogens (tertiary/aromatic N) is 2. The van der Waals surface area contributed by atoms with Crippen molar-refractivity contribution in [1.82, 2.24) is 20.8 Å². The highest BCUT2D eigenvalue weighted by Crippen LogP contribution is 1.88. The maximum absolute atomic E-state index is 11.3. The van der Waals surface area contributed by atoms with Gasteiger partial charge in [0.15, 0.2) is 0 Å². The summed E-state index contributed by atoms with van der Waals surface area (Å²) in [6, 6.07) is 3.69. The summed E-state index contributed by atoms with van der Waals surface area (Å²) < 4.78 is 0. The molecule has 2 N–H and O–H groups in total. The number of rotatable bonds is 7. The molecule has 0 atom stereocenters. The van der Waals surface area contributed by atoms with E-state index in [9.17, 15) is 4.79 Å². The van der Waals surface area contributed by atoms with Gasteiger partial charge in [-0.05, 0) is 18.6 Å². The predicted octanol–water partition coefficient (Wildman–Crippen LogP) is 0.482. The molecule has 5 nitrogen and oxygen atoms in total. The minimum atomic E-state index is 0.0253. The summed E-state index contributed by atoms with van der Waals surface area (Å²) in [5.74, 6) is 0.0253. The largest absolute Gasteiger partial charge is 0.355 e. The van der Waals surface area contributed by atoms with Gasteiger partial charge in [0, 0.05) is 19.3 Å². The second-order valence-corrected chi connectivity index (χ2v) is 3.52. The van der Waals surface area contributed by atoms with Crippen molar-refractivity contribution in [3.05, 3.63) is 24.0 Å². The van der Waals surface area contributed by atoms with E-state index in [0.29, 0.717) is 13.1 Å². The molecule has 16 heavy (non-hydrogen) atoms. The van der Waals surface area contributed by atoms with Gasteiger partial charge in [0.05, 0.1) is 12.2 Å². The Balaban J connectivity index is 2.09. The van der Waals surface area contributed by atoms with Crippen molar-refractivity contribution < 1.29 is 4.79 Å². The molecule has 1 aromatic heterocycles. The zero-order valence-electron chi connectivity index (χ0n) is 9.57. The molecule has 88 valence electrons. The quantitative estimate of drug-likeness (QED) is 0.659. The Morgan fingerprint density at radius 1 is 1.50 bits per heavy atom. The van der Waals surface area contributed by atoms with Crippen molar-refractivity contribution in [2.45, 2.75) is 26.3 Å². The third-order valence-electron chi connectivity index (χ3n) is 2.07. The molecule has 0 unspecified atom stereocenters. The molecule has 0 aromatic carbocycles. The highest BCUT2D eigenvalue weighted by atomic mass is 16.1. The van der Waals surface area contributed by atoms with E-state index >= 15 is 0 Å². The van der Waals surface area contributed by atoms with E-state index in [0.717, 1.165) is 25.1 Å². The maximum atomic E-state index is 11.3. The number of carbonyl (C=O) groups excluding carboxylic acids is 1. The Hall–Kier alpha value is -1.49. The average Bonchev–Trinajstić information content (AvgIpc) is 2.31. The maximum Gasteiger partial charge on any atom is 0.233 e. The molecule has 1 amide bonds. The molecule has 0 aliphatic rings. The van der Waals surface area contributed by atoms with Crippen molar-refractivity contribution in [2.75, 3.05) is 13.1 Å². The summed E-state index contributed by atoms with van der Waals surface area (Å²) >= 11 is 0. The van der Waals surface area contributed by atoms with E-state index in [2.05, 4.69) is 27.8 Å². The number of nitrogens with one attached hydrogen (secondary N) is 2. The fourth-order valence-corrected chi connectivity index (χ4v) is 1.20. The number of hydrogen-bond acceptors (Lipinski definition) is 4. The summed E-state index contributed by atoms with van der Waals surface area (Å²) in [7, 11) is 0. The van der Waals surface area contributed by atoms with Crippen LogP contribution < -0.4 is 10.6 Å². The first-order valence-electron chi connectivity index (χ1n) is 5.57. The molecule has 0 saturated heterocycles. The Labute approximate surface area is 95.7 Å². The average molecular weight is 222 g/mol. The molecule has 1 aromatic rings. The first-order valence-corrected chi connectivity index (χ1v) is 5.57. The molecule has 0 spiro atoms. The first-order chi connectivity index (χ1) is 7.83. The van der Waals surface area contributed by atoms with Crippen LogP contribution >= 0.6 is 0 Å². The van der Waals surface area contributed by atoms with Crippen LogP contribution in [0.15, 0.2) is 18.3 Å². The van der Waals surface area contributed by atoms with Crippen molar-refractivity contribution in [2.24, 2.45) is 0 Å². The Morgan fingerprint density at radius 2 is 2.38 bits per heavy atom. The number of amides is 1. The SMILES string of the molecule is CCCCNC(=O)CNCc1cccnn1. The van der Waals surface area contributed by atoms with Crippen LogP contribution in [0.4, 0.5) is 0 Å². The molecular weight excluding hydrogens is 204 g/mol. The van der Waals surface area contributed by atoms with Crippen LogP contribution in [0.25, 0.3) is 0 Å². The minimum Gasteiger partial charge on any atom is -0.355 e. The summed E-state index contributed by atoms with van der Waals surface area (Å²) in [4.78, 5) is 11.3. The molecule has 5 heteroatoms. The number of unbranched alkanes of at least 4 members (excludes halogenated alkanes) is 1. The van der Waals surface area contributed by atoms with Gasteiger partial charge in [-0.15, -0.1) is 0 Å². The van der Waals surface area contributed by atoms with Crippen LogP contribution in [0.2, 0.25) is 0 Å². The van der Waals surface area contributed by atoms with Gasteiger partial charge in [0.1, 0.15) is 0 Å². The number of carbonyl (C=O) groups is 1. The van der Waals surface area contributed by atoms with E-state index in [1.165, 1.54) is 0 Å². The highest BCUT2D eigenvalue weighted by Gasteiger charge is 1.99. The van der Waals surface area contributed by atoms with Crippen LogP contribution in [0.3, 0.4) is 0 Å². The third-order valence-corrected chi connectivity index (χ3v) is 2.07. The molecule has 0 aliphatic heterocycles. The zero-order chi connectivity index (χ0) is 11.6. The van der Waals surface area contributed by atoms with E-state index in [4.69, 9.17) is 0 Å². The first kappa shape index (κ1) is 12.6. The number of aromatic nitrogens is 2. The molecule has 0 bridgehead atoms. The summed E-state index contributed by atoms with van der Waals surface area (Å²) in [6.45, 7) is 3.73. The normalized spacial score (nSPS) is 10.1. The van der Waals surface area contributed by atoms with Crippen LogP contribution in [0, 0.1) is 0 Å². The van der Waals surface area contributed by atoms with E-state index < -0.39 is 0 Å². The molecule has 0 radical (unpaired) electrons. The van der Waals surface area contributed by atoms with Crippen molar-refractivity contribution in [1.29, 1.82) is 0 Å². The molecule has 0 saturated carbocycles. The van der Waals surface area contributed by atoms with E-state index in [1.807, 2.05) is 12.1 Å². The second kappa shape index (κ2) is 7.76. The van der Waals surface area contributed by atoms with Gasteiger partial charge in [-0.25, -0.2) is 0 Å². The fourth-order valence-electron chi connectivity index (χ4n) is 1.20. The predicted molar refractivity (Wildman–Crippen MR) is 61.7 cm³/mol. The van der Waals surface area contributed by atoms with Crippen LogP contribution in [-0.2, 0) is 11.3 Å². The molecule has 0 fully saturated rings. The molecule has 0 aliphatic carbocycles. The monoisotopic (exact) mass is 222 g/mol. The summed E-state index contributed by atoms with van der Waals surface area (Å²) in [5.41, 5.74) is 0.837. The van der Waals surface area contributed by atoms with Gasteiger partial charge in [0.2, 0.25) is 5.91 Å². The minimum absolute atomic E-state index is 0.0253. The van der Waals surface area contributed by atoms with Crippen molar-refractivity contribution >= 4 is 5.91 Å². The lowest BCUT2D eigenvalue weighted by Gasteiger charge is -2.05. The third kappa shape index (κ3) is 5.41. The summed E-state index contributed by atoms with van der Waals surface area (Å²) in [5, 5.41) is 13.5. The van der Waals surface area contributed by atoms with Gasteiger partial charge in [0.25, 0.3) is 0 Å². The van der Waals surface area contributed by atoms with Gasteiger partial charge >= 0.3 is 0 Å². The second-order valence-electron chi connectivity index (χ2n) is 3.52. The molecule has 1 rings (SSSR count). The van der Waals surface area contributed by atoms with Gasteiger partial charge in [-0.2, -0.15) is 10.2 Å². The van der Waals surface area contributed by atoms with Crippen LogP contribution in [0.1, 0.15) is 25.5 Å². The lowest BCUT2D eigenvalue weighted by Crippen LogP contribution is -2.34. The zero-order valence-corrected chi connectivity index (χ0v) is 9.57. The van der Waals surface area contributed by atoms with Gasteiger partial charge < -0.3 is 10.6 Å². The highest BCUT2D eigenvalue weighted by molar-refractivity contribution is 5.77. The van der Waals surface area contributed by atoms with Crippen molar-refractivity contribution in [3.8, 4) is 0 Å². The Kier molecular flexibility index (Phi) is 6.10. The summed E-state index contributed by atoms with van der Waals surface area (Å²) in [6.07, 6.45) is 3.74. The van der Waals surface area contributed by atoms with Crippen molar-refractivity contribution in [3.63, 3.8) is 0 Å². The standard InChI is InChI=1S/C11H18N4O/c1-2-3-6-13-11(16)9-12-8-10-5-4-7-14-15-10/h4-5,7,12H,2-3,6,8-9H2,1H3,(H,13,16). The lowest BCUT2D eigenvalue weighted by molar-refractivity contribution is -0.120. The molecular formula is C11H18N4O.